The van der Waals surface area contributed by atoms with Gasteiger partial charge in [-0.3, -0.25) is 14.8 Å². The second-order valence-corrected chi connectivity index (χ2v) is 7.81. The van der Waals surface area contributed by atoms with Crippen LogP contribution in [0.5, 0.6) is 0 Å². The highest BCUT2D eigenvalue weighted by atomic mass is 32.1. The third-order valence-electron chi connectivity index (χ3n) is 4.51. The Labute approximate surface area is 173 Å². The van der Waals surface area contributed by atoms with E-state index in [1.54, 1.807) is 10.9 Å². The molecule has 0 radical (unpaired) electrons. The summed E-state index contributed by atoms with van der Waals surface area (Å²) in [6, 6.07) is 18.1. The molecule has 6 nitrogen and oxygen atoms in total. The van der Waals surface area contributed by atoms with E-state index in [-0.39, 0.29) is 5.91 Å². The minimum Gasteiger partial charge on any atom is -0.296 e. The molecule has 0 aliphatic rings. The molecule has 2 heterocycles. The van der Waals surface area contributed by atoms with Crippen molar-refractivity contribution in [3.05, 3.63) is 82.5 Å². The molecule has 0 bridgehead atoms. The predicted molar refractivity (Wildman–Crippen MR) is 115 cm³/mol. The van der Waals surface area contributed by atoms with Gasteiger partial charge in [-0.15, -0.1) is 10.2 Å². The van der Waals surface area contributed by atoms with Crippen LogP contribution in [0.3, 0.4) is 0 Å². The number of amides is 1. The van der Waals surface area contributed by atoms with E-state index >= 15 is 0 Å². The van der Waals surface area contributed by atoms with Gasteiger partial charge in [-0.05, 0) is 18.9 Å². The lowest BCUT2D eigenvalue weighted by atomic mass is 10.1. The molecule has 7 heteroatoms. The Hall–Kier alpha value is -3.32. The van der Waals surface area contributed by atoms with Gasteiger partial charge in [0.1, 0.15) is 10.7 Å². The van der Waals surface area contributed by atoms with E-state index in [1.165, 1.54) is 11.3 Å². The third kappa shape index (κ3) is 4.41. The van der Waals surface area contributed by atoms with Crippen molar-refractivity contribution in [1.82, 2.24) is 20.0 Å². The molecule has 4 aromatic rings. The van der Waals surface area contributed by atoms with Crippen LogP contribution in [-0.4, -0.2) is 25.9 Å². The molecular formula is C22H21N5OS. The Balaban J connectivity index is 1.67. The Morgan fingerprint density at radius 3 is 2.52 bits per heavy atom. The van der Waals surface area contributed by atoms with E-state index in [9.17, 15) is 4.79 Å². The van der Waals surface area contributed by atoms with E-state index in [1.807, 2.05) is 68.4 Å². The fourth-order valence-corrected chi connectivity index (χ4v) is 3.65. The van der Waals surface area contributed by atoms with E-state index in [0.29, 0.717) is 22.9 Å². The number of nitrogens with one attached hydrogen (secondary N) is 1. The lowest BCUT2D eigenvalue weighted by Crippen LogP contribution is -2.12. The van der Waals surface area contributed by atoms with Crippen molar-refractivity contribution < 1.29 is 4.79 Å². The minimum atomic E-state index is -0.237. The van der Waals surface area contributed by atoms with Gasteiger partial charge in [0.25, 0.3) is 5.91 Å². The van der Waals surface area contributed by atoms with Gasteiger partial charge in [0.15, 0.2) is 0 Å². The average molecular weight is 404 g/mol. The molecule has 1 amide bonds. The van der Waals surface area contributed by atoms with Crippen LogP contribution in [0.25, 0.3) is 11.3 Å². The molecular weight excluding hydrogens is 382 g/mol. The topological polar surface area (TPSA) is 72.7 Å². The fraction of sp³-hybridized carbons (Fsp3) is 0.182. The molecule has 4 rings (SSSR count). The standard InChI is InChI=1S/C22H21N5OS/c1-3-19-24-25-22(29-19)23-21(28)18-14-27(13-16-7-5-4-6-8-16)26-20(18)17-11-9-15(2)10-12-17/h4-12,14H,3,13H2,1-2H3,(H,23,25,28). The lowest BCUT2D eigenvalue weighted by Gasteiger charge is -2.03. The number of carbonyl (C=O) groups excluding carboxylic acids is 1. The summed E-state index contributed by atoms with van der Waals surface area (Å²) in [4.78, 5) is 13.0. The van der Waals surface area contributed by atoms with Crippen molar-refractivity contribution in [3.63, 3.8) is 0 Å². The van der Waals surface area contributed by atoms with Crippen LogP contribution in [0, 0.1) is 6.92 Å². The van der Waals surface area contributed by atoms with Crippen molar-refractivity contribution >= 4 is 22.4 Å². The average Bonchev–Trinajstić information content (AvgIpc) is 3.36. The molecule has 0 aliphatic heterocycles. The first-order valence-electron chi connectivity index (χ1n) is 9.44. The zero-order valence-corrected chi connectivity index (χ0v) is 17.1. The Kier molecular flexibility index (Phi) is 5.48. The molecule has 0 saturated heterocycles. The smallest absolute Gasteiger partial charge is 0.261 e. The van der Waals surface area contributed by atoms with Crippen LogP contribution in [0.1, 0.15) is 33.4 Å². The van der Waals surface area contributed by atoms with E-state index < -0.39 is 0 Å². The van der Waals surface area contributed by atoms with E-state index in [2.05, 4.69) is 15.5 Å². The van der Waals surface area contributed by atoms with Crippen molar-refractivity contribution in [1.29, 1.82) is 0 Å². The van der Waals surface area contributed by atoms with Crippen LogP contribution in [-0.2, 0) is 13.0 Å². The fourth-order valence-electron chi connectivity index (χ4n) is 2.98. The number of aryl methyl sites for hydroxylation is 2. The van der Waals surface area contributed by atoms with Crippen molar-refractivity contribution in [2.24, 2.45) is 0 Å². The van der Waals surface area contributed by atoms with Gasteiger partial charge in [-0.25, -0.2) is 0 Å². The van der Waals surface area contributed by atoms with Crippen LogP contribution in [0.2, 0.25) is 0 Å². The number of hydrogen-bond acceptors (Lipinski definition) is 5. The van der Waals surface area contributed by atoms with Gasteiger partial charge in [-0.2, -0.15) is 5.10 Å². The van der Waals surface area contributed by atoms with Crippen LogP contribution in [0.15, 0.2) is 60.8 Å². The lowest BCUT2D eigenvalue weighted by molar-refractivity contribution is 0.102. The van der Waals surface area contributed by atoms with E-state index in [4.69, 9.17) is 5.10 Å². The molecule has 0 fully saturated rings. The number of anilines is 1. The van der Waals surface area contributed by atoms with Crippen molar-refractivity contribution in [3.8, 4) is 11.3 Å². The quantitative estimate of drug-likeness (QED) is 0.512. The maximum atomic E-state index is 13.0. The normalized spacial score (nSPS) is 10.8. The number of rotatable bonds is 6. The molecule has 2 aromatic heterocycles. The molecule has 0 spiro atoms. The number of hydrogen-bond donors (Lipinski definition) is 1. The molecule has 146 valence electrons. The first kappa shape index (κ1) is 19.0. The second kappa shape index (κ2) is 8.36. The third-order valence-corrected chi connectivity index (χ3v) is 5.49. The van der Waals surface area contributed by atoms with Gasteiger partial charge >= 0.3 is 0 Å². The van der Waals surface area contributed by atoms with Crippen LogP contribution in [0.4, 0.5) is 5.13 Å². The summed E-state index contributed by atoms with van der Waals surface area (Å²) in [5.41, 5.74) is 4.34. The Bertz CT molecular complexity index is 1120. The summed E-state index contributed by atoms with van der Waals surface area (Å²) in [5.74, 6) is -0.237. The molecule has 0 saturated carbocycles. The molecule has 1 N–H and O–H groups in total. The highest BCUT2D eigenvalue weighted by Crippen LogP contribution is 2.25. The van der Waals surface area contributed by atoms with Gasteiger partial charge in [-0.1, -0.05) is 78.4 Å². The minimum absolute atomic E-state index is 0.237. The Morgan fingerprint density at radius 2 is 1.83 bits per heavy atom. The maximum absolute atomic E-state index is 13.0. The number of aromatic nitrogens is 4. The van der Waals surface area contributed by atoms with Crippen LogP contribution < -0.4 is 5.32 Å². The second-order valence-electron chi connectivity index (χ2n) is 6.75. The van der Waals surface area contributed by atoms with Crippen molar-refractivity contribution in [2.45, 2.75) is 26.8 Å². The maximum Gasteiger partial charge on any atom is 0.261 e. The van der Waals surface area contributed by atoms with Gasteiger partial charge < -0.3 is 0 Å². The zero-order valence-electron chi connectivity index (χ0n) is 16.3. The summed E-state index contributed by atoms with van der Waals surface area (Å²) in [6.07, 6.45) is 2.58. The van der Waals surface area contributed by atoms with Gasteiger partial charge in [0.2, 0.25) is 5.13 Å². The molecule has 0 unspecified atom stereocenters. The SMILES string of the molecule is CCc1nnc(NC(=O)c2cn(Cc3ccccc3)nc2-c2ccc(C)cc2)s1. The summed E-state index contributed by atoms with van der Waals surface area (Å²) in [6.45, 7) is 4.63. The first-order chi connectivity index (χ1) is 14.1. The number of carbonyl (C=O) groups is 1. The summed E-state index contributed by atoms with van der Waals surface area (Å²) in [7, 11) is 0. The summed E-state index contributed by atoms with van der Waals surface area (Å²) >= 11 is 1.39. The van der Waals surface area contributed by atoms with Crippen LogP contribution >= 0.6 is 11.3 Å². The Morgan fingerprint density at radius 1 is 1.07 bits per heavy atom. The molecule has 0 aliphatic carbocycles. The van der Waals surface area contributed by atoms with E-state index in [0.717, 1.165) is 28.1 Å². The highest BCUT2D eigenvalue weighted by molar-refractivity contribution is 7.15. The zero-order chi connectivity index (χ0) is 20.2. The number of benzene rings is 2. The first-order valence-corrected chi connectivity index (χ1v) is 10.3. The molecule has 29 heavy (non-hydrogen) atoms. The van der Waals surface area contributed by atoms with Gasteiger partial charge in [0, 0.05) is 11.8 Å². The molecule has 2 aromatic carbocycles. The van der Waals surface area contributed by atoms with Crippen molar-refractivity contribution in [2.75, 3.05) is 5.32 Å². The monoisotopic (exact) mass is 403 g/mol. The predicted octanol–water partition coefficient (Wildman–Crippen LogP) is 4.57. The summed E-state index contributed by atoms with van der Waals surface area (Å²) in [5, 5.41) is 17.1. The number of nitrogens with zero attached hydrogens (tertiary/aromatic N) is 4. The largest absolute Gasteiger partial charge is 0.296 e. The summed E-state index contributed by atoms with van der Waals surface area (Å²) < 4.78 is 1.80. The highest BCUT2D eigenvalue weighted by Gasteiger charge is 2.19. The van der Waals surface area contributed by atoms with Gasteiger partial charge in [0.05, 0.1) is 12.1 Å². The molecule has 0 atom stereocenters.